The number of hydrogen-bond donors (Lipinski definition) is 2. The van der Waals surface area contributed by atoms with Crippen molar-refractivity contribution in [2.24, 2.45) is 0 Å². The van der Waals surface area contributed by atoms with Crippen molar-refractivity contribution in [3.05, 3.63) is 35.4 Å². The molecule has 2 N–H and O–H groups in total. The highest BCUT2D eigenvalue weighted by Crippen LogP contribution is 2.26. The molecule has 1 aromatic carbocycles. The van der Waals surface area contributed by atoms with Crippen molar-refractivity contribution in [1.29, 1.82) is 0 Å². The molecule has 0 spiro atoms. The molecule has 0 unspecified atom stereocenters. The highest BCUT2D eigenvalue weighted by molar-refractivity contribution is 5.27. The topological polar surface area (TPSA) is 32.3 Å². The first kappa shape index (κ1) is 14.5. The molecule has 0 aliphatic carbocycles. The standard InChI is InChI=1S/C17H27NO/c1-16(2,3)15-6-4-14(5-7-15)8-9-17(19)10-12-18-13-11-17/h4-7,18-19H,8-13H2,1-3H3. The largest absolute Gasteiger partial charge is 0.390 e. The smallest absolute Gasteiger partial charge is 0.0675 e. The Morgan fingerprint density at radius 3 is 2.21 bits per heavy atom. The Balaban J connectivity index is 1.93. The number of rotatable bonds is 3. The van der Waals surface area contributed by atoms with E-state index in [4.69, 9.17) is 0 Å². The molecule has 2 heteroatoms. The molecule has 1 aromatic rings. The first-order chi connectivity index (χ1) is 8.89. The van der Waals surface area contributed by atoms with E-state index in [0.29, 0.717) is 0 Å². The van der Waals surface area contributed by atoms with Crippen LogP contribution in [0.2, 0.25) is 0 Å². The van der Waals surface area contributed by atoms with Crippen molar-refractivity contribution in [3.63, 3.8) is 0 Å². The van der Waals surface area contributed by atoms with Gasteiger partial charge in [0.25, 0.3) is 0 Å². The van der Waals surface area contributed by atoms with Crippen molar-refractivity contribution in [1.82, 2.24) is 5.32 Å². The quantitative estimate of drug-likeness (QED) is 0.876. The van der Waals surface area contributed by atoms with Gasteiger partial charge in [-0.25, -0.2) is 0 Å². The Kier molecular flexibility index (Phi) is 4.32. The zero-order valence-electron chi connectivity index (χ0n) is 12.5. The Morgan fingerprint density at radius 1 is 1.11 bits per heavy atom. The van der Waals surface area contributed by atoms with E-state index in [1.165, 1.54) is 11.1 Å². The van der Waals surface area contributed by atoms with Gasteiger partial charge in [0.05, 0.1) is 5.60 Å². The average Bonchev–Trinajstić information content (AvgIpc) is 2.37. The summed E-state index contributed by atoms with van der Waals surface area (Å²) in [6.45, 7) is 8.60. The van der Waals surface area contributed by atoms with E-state index in [-0.39, 0.29) is 5.41 Å². The van der Waals surface area contributed by atoms with E-state index in [0.717, 1.165) is 38.8 Å². The Morgan fingerprint density at radius 2 is 1.68 bits per heavy atom. The third-order valence-electron chi connectivity index (χ3n) is 4.23. The molecule has 1 aliphatic rings. The third-order valence-corrected chi connectivity index (χ3v) is 4.23. The number of aryl methyl sites for hydroxylation is 1. The summed E-state index contributed by atoms with van der Waals surface area (Å²) in [7, 11) is 0. The molecule has 1 heterocycles. The molecule has 0 bridgehead atoms. The molecule has 2 nitrogen and oxygen atoms in total. The van der Waals surface area contributed by atoms with E-state index >= 15 is 0 Å². The van der Waals surface area contributed by atoms with E-state index in [2.05, 4.69) is 50.4 Å². The van der Waals surface area contributed by atoms with Gasteiger partial charge < -0.3 is 10.4 Å². The molecule has 1 aliphatic heterocycles. The van der Waals surface area contributed by atoms with Crippen LogP contribution in [0, 0.1) is 0 Å². The molecular formula is C17H27NO. The van der Waals surface area contributed by atoms with Gasteiger partial charge in [-0.1, -0.05) is 45.0 Å². The summed E-state index contributed by atoms with van der Waals surface area (Å²) >= 11 is 0. The van der Waals surface area contributed by atoms with E-state index in [9.17, 15) is 5.11 Å². The first-order valence-corrected chi connectivity index (χ1v) is 7.42. The van der Waals surface area contributed by atoms with Gasteiger partial charge in [0.15, 0.2) is 0 Å². The van der Waals surface area contributed by atoms with E-state index < -0.39 is 5.60 Å². The highest BCUT2D eigenvalue weighted by atomic mass is 16.3. The van der Waals surface area contributed by atoms with Crippen LogP contribution in [0.1, 0.15) is 51.2 Å². The Labute approximate surface area is 117 Å². The second-order valence-corrected chi connectivity index (χ2v) is 6.92. The van der Waals surface area contributed by atoms with E-state index in [1.54, 1.807) is 0 Å². The number of aliphatic hydroxyl groups is 1. The summed E-state index contributed by atoms with van der Waals surface area (Å²) < 4.78 is 0. The average molecular weight is 261 g/mol. The van der Waals surface area contributed by atoms with Gasteiger partial charge in [-0.05, 0) is 55.3 Å². The molecule has 106 valence electrons. The van der Waals surface area contributed by atoms with Crippen LogP contribution in [0.5, 0.6) is 0 Å². The van der Waals surface area contributed by atoms with Crippen LogP contribution in [-0.4, -0.2) is 23.8 Å². The van der Waals surface area contributed by atoms with Crippen LogP contribution >= 0.6 is 0 Å². The van der Waals surface area contributed by atoms with Crippen LogP contribution < -0.4 is 5.32 Å². The molecule has 1 saturated heterocycles. The SMILES string of the molecule is CC(C)(C)c1ccc(CCC2(O)CCNCC2)cc1. The zero-order valence-corrected chi connectivity index (χ0v) is 12.5. The number of piperidine rings is 1. The third kappa shape index (κ3) is 4.05. The minimum absolute atomic E-state index is 0.214. The number of benzene rings is 1. The van der Waals surface area contributed by atoms with Gasteiger partial charge in [0.1, 0.15) is 0 Å². The molecule has 0 aromatic heterocycles. The van der Waals surface area contributed by atoms with Gasteiger partial charge in [0, 0.05) is 0 Å². The predicted octanol–water partition coefficient (Wildman–Crippen LogP) is 3.03. The van der Waals surface area contributed by atoms with Crippen LogP contribution in [0.25, 0.3) is 0 Å². The molecule has 0 amide bonds. The fourth-order valence-electron chi connectivity index (χ4n) is 2.69. The summed E-state index contributed by atoms with van der Waals surface area (Å²) in [5.41, 5.74) is 2.47. The summed E-state index contributed by atoms with van der Waals surface area (Å²) in [5.74, 6) is 0. The number of nitrogens with one attached hydrogen (secondary N) is 1. The summed E-state index contributed by atoms with van der Waals surface area (Å²) in [6.07, 6.45) is 3.62. The second-order valence-electron chi connectivity index (χ2n) is 6.92. The molecule has 0 saturated carbocycles. The van der Waals surface area contributed by atoms with Crippen molar-refractivity contribution < 1.29 is 5.11 Å². The maximum absolute atomic E-state index is 10.5. The summed E-state index contributed by atoms with van der Waals surface area (Å²) in [5, 5.41) is 13.8. The zero-order chi connectivity index (χ0) is 13.9. The second kappa shape index (κ2) is 5.64. The lowest BCUT2D eigenvalue weighted by atomic mass is 9.84. The lowest BCUT2D eigenvalue weighted by molar-refractivity contribution is 0.00281. The van der Waals surface area contributed by atoms with Crippen molar-refractivity contribution in [2.75, 3.05) is 13.1 Å². The Hall–Kier alpha value is -0.860. The number of hydrogen-bond acceptors (Lipinski definition) is 2. The maximum Gasteiger partial charge on any atom is 0.0675 e. The normalized spacial score (nSPS) is 19.4. The maximum atomic E-state index is 10.5. The molecule has 0 atom stereocenters. The fourth-order valence-corrected chi connectivity index (χ4v) is 2.69. The Bertz CT molecular complexity index is 396. The van der Waals surface area contributed by atoms with Crippen LogP contribution in [0.15, 0.2) is 24.3 Å². The molecule has 19 heavy (non-hydrogen) atoms. The van der Waals surface area contributed by atoms with Gasteiger partial charge in [-0.15, -0.1) is 0 Å². The van der Waals surface area contributed by atoms with Crippen LogP contribution in [-0.2, 0) is 11.8 Å². The van der Waals surface area contributed by atoms with Crippen LogP contribution in [0.4, 0.5) is 0 Å². The summed E-state index contributed by atoms with van der Waals surface area (Å²) in [4.78, 5) is 0. The summed E-state index contributed by atoms with van der Waals surface area (Å²) in [6, 6.07) is 8.87. The molecular weight excluding hydrogens is 234 g/mol. The van der Waals surface area contributed by atoms with Crippen LogP contribution in [0.3, 0.4) is 0 Å². The van der Waals surface area contributed by atoms with Gasteiger partial charge >= 0.3 is 0 Å². The van der Waals surface area contributed by atoms with E-state index in [1.807, 2.05) is 0 Å². The fraction of sp³-hybridized carbons (Fsp3) is 0.647. The van der Waals surface area contributed by atoms with Crippen molar-refractivity contribution in [2.45, 2.75) is 57.5 Å². The molecule has 1 fully saturated rings. The minimum atomic E-state index is -0.450. The lowest BCUT2D eigenvalue weighted by Gasteiger charge is -2.32. The van der Waals surface area contributed by atoms with Crippen molar-refractivity contribution >= 4 is 0 Å². The van der Waals surface area contributed by atoms with Gasteiger partial charge in [-0.2, -0.15) is 0 Å². The monoisotopic (exact) mass is 261 g/mol. The minimum Gasteiger partial charge on any atom is -0.390 e. The highest BCUT2D eigenvalue weighted by Gasteiger charge is 2.28. The van der Waals surface area contributed by atoms with Gasteiger partial charge in [-0.3, -0.25) is 0 Å². The molecule has 0 radical (unpaired) electrons. The first-order valence-electron chi connectivity index (χ1n) is 7.42. The van der Waals surface area contributed by atoms with Crippen molar-refractivity contribution in [3.8, 4) is 0 Å². The van der Waals surface area contributed by atoms with Gasteiger partial charge in [0.2, 0.25) is 0 Å². The molecule has 2 rings (SSSR count). The predicted molar refractivity (Wildman–Crippen MR) is 80.5 cm³/mol. The lowest BCUT2D eigenvalue weighted by Crippen LogP contribution is -2.42.